The van der Waals surface area contributed by atoms with Crippen LogP contribution in [0.15, 0.2) is 12.1 Å². The molecule has 14 heavy (non-hydrogen) atoms. The molecule has 0 atom stereocenters. The lowest BCUT2D eigenvalue weighted by Gasteiger charge is -2.17. The number of phenolic OH excluding ortho intramolecular Hbond substituents is 1. The van der Waals surface area contributed by atoms with Gasteiger partial charge in [-0.2, -0.15) is 0 Å². The molecule has 1 aromatic carbocycles. The quantitative estimate of drug-likeness (QED) is 0.733. The van der Waals surface area contributed by atoms with Gasteiger partial charge in [0.1, 0.15) is 5.75 Å². The number of rotatable bonds is 1. The molecule has 0 radical (unpaired) electrons. The van der Waals surface area contributed by atoms with Crippen molar-refractivity contribution in [1.82, 2.24) is 0 Å². The van der Waals surface area contributed by atoms with Crippen molar-refractivity contribution < 1.29 is 19.4 Å². The average molecular weight is 194 g/mol. The van der Waals surface area contributed by atoms with Crippen molar-refractivity contribution in [3.8, 4) is 17.2 Å². The summed E-state index contributed by atoms with van der Waals surface area (Å²) in [4.78, 5) is 11.5. The van der Waals surface area contributed by atoms with Crippen LogP contribution in [0, 0.1) is 0 Å². The average Bonchev–Trinajstić information content (AvgIpc) is 2.19. The Balaban J connectivity index is 2.57. The van der Waals surface area contributed by atoms with E-state index in [2.05, 4.69) is 0 Å². The van der Waals surface area contributed by atoms with E-state index < -0.39 is 0 Å². The first-order valence-corrected chi connectivity index (χ1v) is 4.29. The van der Waals surface area contributed by atoms with Gasteiger partial charge in [-0.25, -0.2) is 0 Å². The Morgan fingerprint density at radius 1 is 1.50 bits per heavy atom. The van der Waals surface area contributed by atoms with Crippen LogP contribution in [0.5, 0.6) is 17.2 Å². The first-order valence-electron chi connectivity index (χ1n) is 4.29. The molecule has 1 aromatic rings. The van der Waals surface area contributed by atoms with E-state index in [0.29, 0.717) is 24.3 Å². The second kappa shape index (κ2) is 3.21. The molecule has 2 rings (SSSR count). The molecule has 4 nitrogen and oxygen atoms in total. The highest BCUT2D eigenvalue weighted by Gasteiger charge is 2.22. The van der Waals surface area contributed by atoms with E-state index in [1.165, 1.54) is 13.2 Å². The number of methoxy groups -OCH3 is 1. The number of hydrogen-bond donors (Lipinski definition) is 1. The van der Waals surface area contributed by atoms with E-state index in [9.17, 15) is 9.90 Å². The fraction of sp³-hybridized carbons (Fsp3) is 0.300. The molecule has 1 heterocycles. The van der Waals surface area contributed by atoms with Crippen LogP contribution >= 0.6 is 0 Å². The van der Waals surface area contributed by atoms with Crippen molar-refractivity contribution in [2.45, 2.75) is 6.42 Å². The van der Waals surface area contributed by atoms with Crippen molar-refractivity contribution in [2.75, 3.05) is 13.7 Å². The molecule has 0 unspecified atom stereocenters. The SMILES string of the molecule is COc1cc(O)c2c(c1)C(=O)CCO2. The van der Waals surface area contributed by atoms with Crippen molar-refractivity contribution in [2.24, 2.45) is 0 Å². The number of hydrogen-bond acceptors (Lipinski definition) is 4. The molecule has 0 bridgehead atoms. The van der Waals surface area contributed by atoms with Gasteiger partial charge in [-0.3, -0.25) is 4.79 Å². The summed E-state index contributed by atoms with van der Waals surface area (Å²) < 4.78 is 10.1. The molecule has 0 amide bonds. The number of ketones is 1. The van der Waals surface area contributed by atoms with Gasteiger partial charge in [0.05, 0.1) is 19.3 Å². The number of fused-ring (bicyclic) bond motifs is 1. The lowest BCUT2D eigenvalue weighted by molar-refractivity contribution is 0.0929. The third kappa shape index (κ3) is 1.28. The predicted octanol–water partition coefficient (Wildman–Crippen LogP) is 1.37. The standard InChI is InChI=1S/C10H10O4/c1-13-6-4-7-8(11)2-3-14-10(7)9(12)5-6/h4-5,12H,2-3H2,1H3. The molecule has 0 aromatic heterocycles. The Kier molecular flexibility index (Phi) is 2.04. The third-order valence-electron chi connectivity index (χ3n) is 2.15. The van der Waals surface area contributed by atoms with E-state index in [4.69, 9.17) is 9.47 Å². The number of carbonyl (C=O) groups is 1. The van der Waals surface area contributed by atoms with Crippen LogP contribution < -0.4 is 9.47 Å². The van der Waals surface area contributed by atoms with Gasteiger partial charge in [0.15, 0.2) is 17.3 Å². The summed E-state index contributed by atoms with van der Waals surface area (Å²) in [5, 5.41) is 9.53. The Labute approximate surface area is 81.1 Å². The normalized spacial score (nSPS) is 14.5. The summed E-state index contributed by atoms with van der Waals surface area (Å²) in [5.41, 5.74) is 0.396. The van der Waals surface area contributed by atoms with Gasteiger partial charge in [-0.15, -0.1) is 0 Å². The first-order chi connectivity index (χ1) is 6.72. The lowest BCUT2D eigenvalue weighted by atomic mass is 10.0. The highest BCUT2D eigenvalue weighted by Crippen LogP contribution is 2.37. The smallest absolute Gasteiger partial charge is 0.171 e. The summed E-state index contributed by atoms with van der Waals surface area (Å²) >= 11 is 0. The molecule has 1 N–H and O–H groups in total. The summed E-state index contributed by atoms with van der Waals surface area (Å²) in [7, 11) is 1.48. The zero-order valence-electron chi connectivity index (χ0n) is 7.74. The van der Waals surface area contributed by atoms with E-state index >= 15 is 0 Å². The van der Waals surface area contributed by atoms with Gasteiger partial charge in [0, 0.05) is 12.5 Å². The van der Waals surface area contributed by atoms with E-state index in [1.54, 1.807) is 6.07 Å². The van der Waals surface area contributed by atoms with Crippen molar-refractivity contribution in [1.29, 1.82) is 0 Å². The van der Waals surface area contributed by atoms with E-state index in [-0.39, 0.29) is 17.3 Å². The summed E-state index contributed by atoms with van der Waals surface area (Å²) in [6, 6.07) is 3.01. The highest BCUT2D eigenvalue weighted by molar-refractivity contribution is 6.00. The van der Waals surface area contributed by atoms with Gasteiger partial charge in [0.25, 0.3) is 0 Å². The van der Waals surface area contributed by atoms with Crippen LogP contribution in [0.1, 0.15) is 16.8 Å². The topological polar surface area (TPSA) is 55.8 Å². The van der Waals surface area contributed by atoms with E-state index in [0.717, 1.165) is 0 Å². The van der Waals surface area contributed by atoms with Gasteiger partial charge in [-0.05, 0) is 6.07 Å². The van der Waals surface area contributed by atoms with Gasteiger partial charge in [-0.1, -0.05) is 0 Å². The molecule has 0 saturated carbocycles. The summed E-state index contributed by atoms with van der Waals surface area (Å²) in [6.45, 7) is 0.325. The summed E-state index contributed by atoms with van der Waals surface area (Å²) in [6.07, 6.45) is 0.347. The third-order valence-corrected chi connectivity index (χ3v) is 2.15. The van der Waals surface area contributed by atoms with Gasteiger partial charge < -0.3 is 14.6 Å². The Morgan fingerprint density at radius 2 is 2.29 bits per heavy atom. The van der Waals surface area contributed by atoms with Crippen molar-refractivity contribution in [3.63, 3.8) is 0 Å². The van der Waals surface area contributed by atoms with Gasteiger partial charge in [0.2, 0.25) is 0 Å². The van der Waals surface area contributed by atoms with Crippen LogP contribution in [0.4, 0.5) is 0 Å². The molecule has 1 aliphatic rings. The monoisotopic (exact) mass is 194 g/mol. The fourth-order valence-electron chi connectivity index (χ4n) is 1.44. The molecule has 0 aliphatic carbocycles. The van der Waals surface area contributed by atoms with Crippen LogP contribution in [0.3, 0.4) is 0 Å². The number of Topliss-reactive ketones (excluding diaryl/α,β-unsaturated/α-hetero) is 1. The van der Waals surface area contributed by atoms with Crippen LogP contribution in [-0.2, 0) is 0 Å². The molecule has 74 valence electrons. The second-order valence-electron chi connectivity index (χ2n) is 3.04. The Bertz CT molecular complexity index is 384. The minimum Gasteiger partial charge on any atom is -0.504 e. The molecule has 4 heteroatoms. The second-order valence-corrected chi connectivity index (χ2v) is 3.04. The van der Waals surface area contributed by atoms with Gasteiger partial charge >= 0.3 is 0 Å². The number of carbonyl (C=O) groups excluding carboxylic acids is 1. The molecule has 0 spiro atoms. The zero-order chi connectivity index (χ0) is 10.1. The molecular formula is C10H10O4. The number of ether oxygens (including phenoxy) is 2. The number of benzene rings is 1. The molecule has 0 saturated heterocycles. The zero-order valence-corrected chi connectivity index (χ0v) is 7.74. The minimum absolute atomic E-state index is 0.0274. The van der Waals surface area contributed by atoms with Crippen LogP contribution in [0.2, 0.25) is 0 Å². The number of aromatic hydroxyl groups is 1. The maximum absolute atomic E-state index is 11.5. The van der Waals surface area contributed by atoms with Crippen LogP contribution in [-0.4, -0.2) is 24.6 Å². The Hall–Kier alpha value is -1.71. The fourth-order valence-corrected chi connectivity index (χ4v) is 1.44. The minimum atomic E-state index is -0.0487. The molecular weight excluding hydrogens is 184 g/mol. The van der Waals surface area contributed by atoms with Crippen LogP contribution in [0.25, 0.3) is 0 Å². The lowest BCUT2D eigenvalue weighted by Crippen LogP contribution is -2.15. The molecule has 1 aliphatic heterocycles. The maximum atomic E-state index is 11.5. The maximum Gasteiger partial charge on any atom is 0.171 e. The summed E-state index contributed by atoms with van der Waals surface area (Å²) in [5.74, 6) is 0.648. The first kappa shape index (κ1) is 8.87. The molecule has 0 fully saturated rings. The largest absolute Gasteiger partial charge is 0.504 e. The Morgan fingerprint density at radius 3 is 3.00 bits per heavy atom. The van der Waals surface area contributed by atoms with Crippen molar-refractivity contribution in [3.05, 3.63) is 17.7 Å². The number of phenols is 1. The van der Waals surface area contributed by atoms with E-state index in [1.807, 2.05) is 0 Å². The highest BCUT2D eigenvalue weighted by atomic mass is 16.5. The van der Waals surface area contributed by atoms with Crippen molar-refractivity contribution >= 4 is 5.78 Å². The predicted molar refractivity (Wildman–Crippen MR) is 49.1 cm³/mol.